The van der Waals surface area contributed by atoms with Crippen molar-refractivity contribution in [1.82, 2.24) is 10.2 Å². The van der Waals surface area contributed by atoms with Crippen LogP contribution in [-0.2, 0) is 22.6 Å². The SMILES string of the molecule is CCCCNC(=O)[C@@H](Cc1ccccc1)N(Cc1ccc(C)cc1)C(=O)CCSc1ccc(C)cc1. The topological polar surface area (TPSA) is 49.4 Å². The monoisotopic (exact) mass is 502 g/mol. The lowest BCUT2D eigenvalue weighted by atomic mass is 10.0. The van der Waals surface area contributed by atoms with Gasteiger partial charge in [-0.25, -0.2) is 0 Å². The zero-order chi connectivity index (χ0) is 25.8. The van der Waals surface area contributed by atoms with Gasteiger partial charge in [0.05, 0.1) is 0 Å². The number of carbonyl (C=O) groups excluding carboxylic acids is 2. The fraction of sp³-hybridized carbons (Fsp3) is 0.355. The number of hydrogen-bond acceptors (Lipinski definition) is 3. The lowest BCUT2D eigenvalue weighted by Crippen LogP contribution is -2.50. The van der Waals surface area contributed by atoms with Crippen LogP contribution in [0.25, 0.3) is 0 Å². The summed E-state index contributed by atoms with van der Waals surface area (Å²) in [5.74, 6) is 0.586. The molecular formula is C31H38N2O2S. The molecule has 1 atom stereocenters. The second kappa shape index (κ2) is 14.5. The summed E-state index contributed by atoms with van der Waals surface area (Å²) < 4.78 is 0. The molecule has 0 unspecified atom stereocenters. The zero-order valence-corrected chi connectivity index (χ0v) is 22.5. The van der Waals surface area contributed by atoms with Crippen LogP contribution in [0, 0.1) is 13.8 Å². The lowest BCUT2D eigenvalue weighted by Gasteiger charge is -2.31. The van der Waals surface area contributed by atoms with E-state index >= 15 is 0 Å². The van der Waals surface area contributed by atoms with E-state index in [1.807, 2.05) is 49.4 Å². The van der Waals surface area contributed by atoms with Crippen LogP contribution in [0.4, 0.5) is 0 Å². The van der Waals surface area contributed by atoms with E-state index in [4.69, 9.17) is 0 Å². The Labute approximate surface area is 220 Å². The van der Waals surface area contributed by atoms with Crippen molar-refractivity contribution in [3.63, 3.8) is 0 Å². The molecule has 3 aromatic carbocycles. The fourth-order valence-corrected chi connectivity index (χ4v) is 4.83. The molecule has 190 valence electrons. The number of benzene rings is 3. The summed E-state index contributed by atoms with van der Waals surface area (Å²) >= 11 is 1.68. The minimum absolute atomic E-state index is 0.00163. The number of hydrogen-bond donors (Lipinski definition) is 1. The van der Waals surface area contributed by atoms with Crippen LogP contribution >= 0.6 is 11.8 Å². The van der Waals surface area contributed by atoms with E-state index in [2.05, 4.69) is 55.6 Å². The minimum Gasteiger partial charge on any atom is -0.354 e. The number of thioether (sulfide) groups is 1. The van der Waals surface area contributed by atoms with E-state index in [0.29, 0.717) is 31.7 Å². The van der Waals surface area contributed by atoms with Crippen molar-refractivity contribution in [2.75, 3.05) is 12.3 Å². The minimum atomic E-state index is -0.567. The Hall–Kier alpha value is -3.05. The second-order valence-corrected chi connectivity index (χ2v) is 10.4. The highest BCUT2D eigenvalue weighted by atomic mass is 32.2. The molecule has 3 rings (SSSR count). The molecule has 0 heterocycles. The first kappa shape index (κ1) is 27.5. The van der Waals surface area contributed by atoms with E-state index in [9.17, 15) is 9.59 Å². The van der Waals surface area contributed by atoms with Crippen molar-refractivity contribution < 1.29 is 9.59 Å². The summed E-state index contributed by atoms with van der Waals surface area (Å²) in [5.41, 5.74) is 4.46. The summed E-state index contributed by atoms with van der Waals surface area (Å²) in [7, 11) is 0. The molecular weight excluding hydrogens is 464 g/mol. The van der Waals surface area contributed by atoms with Crippen LogP contribution in [0.15, 0.2) is 83.8 Å². The van der Waals surface area contributed by atoms with Gasteiger partial charge in [-0.15, -0.1) is 11.8 Å². The smallest absolute Gasteiger partial charge is 0.243 e. The Morgan fingerprint density at radius 3 is 2.14 bits per heavy atom. The molecule has 0 aliphatic rings. The van der Waals surface area contributed by atoms with Gasteiger partial charge in [0.1, 0.15) is 6.04 Å². The maximum absolute atomic E-state index is 13.7. The normalized spacial score (nSPS) is 11.6. The highest BCUT2D eigenvalue weighted by Gasteiger charge is 2.30. The van der Waals surface area contributed by atoms with E-state index in [1.165, 1.54) is 11.1 Å². The van der Waals surface area contributed by atoms with Crippen molar-refractivity contribution in [3.8, 4) is 0 Å². The third-order valence-corrected chi connectivity index (χ3v) is 7.19. The van der Waals surface area contributed by atoms with Gasteiger partial charge in [-0.05, 0) is 43.5 Å². The van der Waals surface area contributed by atoms with Crippen LogP contribution in [0.1, 0.15) is 48.4 Å². The zero-order valence-electron chi connectivity index (χ0n) is 21.7. The average Bonchev–Trinajstić information content (AvgIpc) is 2.89. The van der Waals surface area contributed by atoms with Crippen molar-refractivity contribution in [3.05, 3.63) is 101 Å². The number of carbonyl (C=O) groups is 2. The van der Waals surface area contributed by atoms with Crippen LogP contribution in [0.3, 0.4) is 0 Å². The summed E-state index contributed by atoms with van der Waals surface area (Å²) in [5, 5.41) is 3.08. The fourth-order valence-electron chi connectivity index (χ4n) is 3.98. The van der Waals surface area contributed by atoms with Gasteiger partial charge < -0.3 is 10.2 Å². The highest BCUT2D eigenvalue weighted by Crippen LogP contribution is 2.21. The molecule has 5 heteroatoms. The standard InChI is InChI=1S/C31H38N2O2S/c1-4-5-20-32-31(35)29(22-26-9-7-6-8-10-26)33(23-27-15-11-24(2)12-16-27)30(34)19-21-36-28-17-13-25(3)14-18-28/h6-18,29H,4-5,19-23H2,1-3H3,(H,32,35)/t29-/m1/s1. The van der Waals surface area contributed by atoms with Crippen LogP contribution < -0.4 is 5.32 Å². The van der Waals surface area contributed by atoms with Gasteiger partial charge >= 0.3 is 0 Å². The number of unbranched alkanes of at least 4 members (excludes halogenated alkanes) is 1. The van der Waals surface area contributed by atoms with Gasteiger partial charge in [-0.2, -0.15) is 0 Å². The summed E-state index contributed by atoms with van der Waals surface area (Å²) in [6, 6.07) is 26.0. The molecule has 2 amide bonds. The summed E-state index contributed by atoms with van der Waals surface area (Å²) in [4.78, 5) is 30.0. The molecule has 0 saturated heterocycles. The van der Waals surface area contributed by atoms with Gasteiger partial charge in [0.25, 0.3) is 0 Å². The molecule has 0 radical (unpaired) electrons. The number of rotatable bonds is 13. The quantitative estimate of drug-likeness (QED) is 0.219. The molecule has 0 saturated carbocycles. The predicted octanol–water partition coefficient (Wildman–Crippen LogP) is 6.34. The first-order valence-corrected chi connectivity index (χ1v) is 13.8. The molecule has 0 aliphatic heterocycles. The predicted molar refractivity (Wildman–Crippen MR) is 150 cm³/mol. The van der Waals surface area contributed by atoms with Crippen molar-refractivity contribution >= 4 is 23.6 Å². The van der Waals surface area contributed by atoms with Crippen molar-refractivity contribution in [2.45, 2.75) is 63.9 Å². The van der Waals surface area contributed by atoms with Gasteiger partial charge in [-0.3, -0.25) is 9.59 Å². The Morgan fingerprint density at radius 2 is 1.50 bits per heavy atom. The second-order valence-electron chi connectivity index (χ2n) is 9.27. The molecule has 0 aliphatic carbocycles. The average molecular weight is 503 g/mol. The number of nitrogens with one attached hydrogen (secondary N) is 1. The van der Waals surface area contributed by atoms with E-state index < -0.39 is 6.04 Å². The molecule has 1 N–H and O–H groups in total. The van der Waals surface area contributed by atoms with E-state index in [0.717, 1.165) is 28.9 Å². The Bertz CT molecular complexity index is 1080. The van der Waals surface area contributed by atoms with Gasteiger partial charge in [-0.1, -0.05) is 91.2 Å². The molecule has 4 nitrogen and oxygen atoms in total. The third kappa shape index (κ3) is 8.87. The van der Waals surface area contributed by atoms with Crippen LogP contribution in [0.2, 0.25) is 0 Å². The summed E-state index contributed by atoms with van der Waals surface area (Å²) in [6.45, 7) is 7.25. The number of aryl methyl sites for hydroxylation is 2. The van der Waals surface area contributed by atoms with Gasteiger partial charge in [0.2, 0.25) is 11.8 Å². The maximum Gasteiger partial charge on any atom is 0.243 e. The largest absolute Gasteiger partial charge is 0.354 e. The molecule has 3 aromatic rings. The highest BCUT2D eigenvalue weighted by molar-refractivity contribution is 7.99. The number of nitrogens with zero attached hydrogens (tertiary/aromatic N) is 1. The third-order valence-electron chi connectivity index (χ3n) is 6.18. The van der Waals surface area contributed by atoms with Crippen LogP contribution in [0.5, 0.6) is 0 Å². The lowest BCUT2D eigenvalue weighted by molar-refractivity contribution is -0.141. The van der Waals surface area contributed by atoms with E-state index in [1.54, 1.807) is 16.7 Å². The molecule has 36 heavy (non-hydrogen) atoms. The Kier molecular flexibility index (Phi) is 11.1. The molecule has 0 aromatic heterocycles. The van der Waals surface area contributed by atoms with Crippen molar-refractivity contribution in [2.24, 2.45) is 0 Å². The van der Waals surface area contributed by atoms with Gasteiger partial charge in [0, 0.05) is 36.6 Å². The van der Waals surface area contributed by atoms with Crippen LogP contribution in [-0.4, -0.2) is 35.1 Å². The molecule has 0 fully saturated rings. The van der Waals surface area contributed by atoms with E-state index in [-0.39, 0.29) is 11.8 Å². The maximum atomic E-state index is 13.7. The Morgan fingerprint density at radius 1 is 0.861 bits per heavy atom. The van der Waals surface area contributed by atoms with Gasteiger partial charge in [0.15, 0.2) is 0 Å². The number of amides is 2. The Balaban J connectivity index is 1.81. The first-order valence-electron chi connectivity index (χ1n) is 12.8. The summed E-state index contributed by atoms with van der Waals surface area (Å²) in [6.07, 6.45) is 2.79. The first-order chi connectivity index (χ1) is 17.5. The van der Waals surface area contributed by atoms with Crippen molar-refractivity contribution in [1.29, 1.82) is 0 Å². The molecule has 0 bridgehead atoms. The molecule has 0 spiro atoms.